The maximum absolute atomic E-state index is 11.7. The molecule has 0 aromatic heterocycles. The lowest BCUT2D eigenvalue weighted by Gasteiger charge is -2.19. The van der Waals surface area contributed by atoms with Crippen molar-refractivity contribution in [1.29, 1.82) is 0 Å². The Morgan fingerprint density at radius 1 is 1.12 bits per heavy atom. The van der Waals surface area contributed by atoms with Crippen LogP contribution in [0.1, 0.15) is 38.7 Å². The molecule has 0 fully saturated rings. The van der Waals surface area contributed by atoms with Gasteiger partial charge < -0.3 is 10.0 Å². The van der Waals surface area contributed by atoms with Gasteiger partial charge in [-0.1, -0.05) is 44.2 Å². The first-order valence-corrected chi connectivity index (χ1v) is 8.23. The average Bonchev–Trinajstić information content (AvgIpc) is 2.56. The molecule has 0 bridgehead atoms. The Labute approximate surface area is 143 Å². The molecule has 6 heteroatoms. The summed E-state index contributed by atoms with van der Waals surface area (Å²) in [6, 6.07) is 9.49. The van der Waals surface area contributed by atoms with Gasteiger partial charge in [-0.25, -0.2) is 19.4 Å². The molecule has 24 heavy (non-hydrogen) atoms. The van der Waals surface area contributed by atoms with Gasteiger partial charge in [-0.15, -0.1) is 0 Å². The molecule has 134 valence electrons. The zero-order valence-corrected chi connectivity index (χ0v) is 14.6. The number of hydrogen-bond donors (Lipinski definition) is 1. The molecule has 0 aliphatic carbocycles. The smallest absolute Gasteiger partial charge is 0.391 e. The van der Waals surface area contributed by atoms with E-state index >= 15 is 0 Å². The number of aliphatic hydroxyl groups is 1. The molecule has 0 saturated heterocycles. The molecule has 1 aromatic carbocycles. The number of nitrogens with zero attached hydrogens (tertiary/aromatic N) is 1. The number of rotatable bonds is 8. The summed E-state index contributed by atoms with van der Waals surface area (Å²) in [6.07, 6.45) is 0.689. The second kappa shape index (κ2) is 10.6. The van der Waals surface area contributed by atoms with E-state index < -0.39 is 18.2 Å². The number of benzene rings is 1. The molecule has 0 spiro atoms. The van der Waals surface area contributed by atoms with Gasteiger partial charge in [0.1, 0.15) is 0 Å². The van der Waals surface area contributed by atoms with Gasteiger partial charge in [-0.3, -0.25) is 0 Å². The van der Waals surface area contributed by atoms with Crippen LogP contribution in [0, 0.1) is 5.92 Å². The third-order valence-corrected chi connectivity index (χ3v) is 3.54. The van der Waals surface area contributed by atoms with Crippen molar-refractivity contribution in [2.24, 2.45) is 5.92 Å². The summed E-state index contributed by atoms with van der Waals surface area (Å²) in [4.78, 5) is 33.5. The highest BCUT2D eigenvalue weighted by Gasteiger charge is 2.18. The van der Waals surface area contributed by atoms with E-state index in [4.69, 9.17) is 0 Å². The number of carbonyl (C=O) groups is 2. The van der Waals surface area contributed by atoms with Gasteiger partial charge in [0.15, 0.2) is 0 Å². The second-order valence-electron chi connectivity index (χ2n) is 6.30. The minimum Gasteiger partial charge on any atom is -0.391 e. The summed E-state index contributed by atoms with van der Waals surface area (Å²) >= 11 is 0. The topological polar surface area (TPSA) is 76.1 Å². The van der Waals surface area contributed by atoms with E-state index in [1.807, 2.05) is 30.3 Å². The van der Waals surface area contributed by atoms with Gasteiger partial charge in [0.2, 0.25) is 0 Å². The highest BCUT2D eigenvalue weighted by atomic mass is 17.2. The molecular formula is C18H27NO5. The first-order chi connectivity index (χ1) is 11.4. The van der Waals surface area contributed by atoms with Crippen molar-refractivity contribution in [1.82, 2.24) is 4.90 Å². The zero-order valence-electron chi connectivity index (χ0n) is 14.6. The van der Waals surface area contributed by atoms with Crippen LogP contribution in [0.25, 0.3) is 0 Å². The molecule has 0 aliphatic heterocycles. The summed E-state index contributed by atoms with van der Waals surface area (Å²) < 4.78 is 0. The van der Waals surface area contributed by atoms with Gasteiger partial charge in [0.25, 0.3) is 0 Å². The molecule has 1 amide bonds. The Kier molecular flexibility index (Phi) is 8.86. The molecular weight excluding hydrogens is 310 g/mol. The van der Waals surface area contributed by atoms with Crippen molar-refractivity contribution in [2.75, 3.05) is 13.6 Å². The molecule has 0 radical (unpaired) electrons. The lowest BCUT2D eigenvalue weighted by molar-refractivity contribution is -0.236. The maximum atomic E-state index is 11.7. The van der Waals surface area contributed by atoms with Gasteiger partial charge in [-0.05, 0) is 30.7 Å². The molecule has 1 N–H and O–H groups in total. The summed E-state index contributed by atoms with van der Waals surface area (Å²) in [5, 5.41) is 9.85. The summed E-state index contributed by atoms with van der Waals surface area (Å²) in [5.41, 5.74) is 1.01. The van der Waals surface area contributed by atoms with Gasteiger partial charge >= 0.3 is 12.1 Å². The van der Waals surface area contributed by atoms with Gasteiger partial charge in [-0.2, -0.15) is 0 Å². The fraction of sp³-hybridized carbons (Fsp3) is 0.556. The van der Waals surface area contributed by atoms with Crippen LogP contribution in [-0.2, 0) is 21.0 Å². The van der Waals surface area contributed by atoms with E-state index in [0.29, 0.717) is 18.8 Å². The van der Waals surface area contributed by atoms with E-state index in [0.717, 1.165) is 12.0 Å². The molecule has 0 saturated carbocycles. The Hall–Kier alpha value is -2.08. The van der Waals surface area contributed by atoms with E-state index in [-0.39, 0.29) is 13.0 Å². The van der Waals surface area contributed by atoms with E-state index in [1.54, 1.807) is 0 Å². The monoisotopic (exact) mass is 337 g/mol. The molecule has 1 aromatic rings. The summed E-state index contributed by atoms with van der Waals surface area (Å²) in [6.45, 7) is 4.27. The Morgan fingerprint density at radius 3 is 2.42 bits per heavy atom. The van der Waals surface area contributed by atoms with Crippen LogP contribution in [0.2, 0.25) is 0 Å². The molecule has 1 atom stereocenters. The number of hydrogen-bond acceptors (Lipinski definition) is 5. The van der Waals surface area contributed by atoms with Crippen molar-refractivity contribution >= 4 is 12.1 Å². The molecule has 0 heterocycles. The minimum absolute atomic E-state index is 0.123. The van der Waals surface area contributed by atoms with Crippen LogP contribution in [0.3, 0.4) is 0 Å². The van der Waals surface area contributed by atoms with Crippen molar-refractivity contribution in [3.63, 3.8) is 0 Å². The standard InChI is InChI=1S/C18H27NO5/c1-14(2)9-11-16(20)13-19(3)18(22)24-23-17(21)12-10-15-7-5-4-6-8-15/h4-8,14,16,20H,9-13H2,1-3H3/t16-/m0/s1. The first-order valence-electron chi connectivity index (χ1n) is 8.23. The third kappa shape index (κ3) is 8.53. The van der Waals surface area contributed by atoms with Crippen molar-refractivity contribution in [2.45, 2.75) is 45.6 Å². The number of aliphatic hydroxyl groups excluding tert-OH is 1. The Morgan fingerprint density at radius 2 is 1.79 bits per heavy atom. The van der Waals surface area contributed by atoms with Gasteiger partial charge in [0, 0.05) is 13.6 Å². The number of likely N-dealkylation sites (N-methyl/N-ethyl adjacent to an activating group) is 1. The SMILES string of the molecule is CC(C)CC[C@H](O)CN(C)C(=O)OOC(=O)CCc1ccccc1. The third-order valence-electron chi connectivity index (χ3n) is 3.54. The fourth-order valence-corrected chi connectivity index (χ4v) is 2.09. The zero-order chi connectivity index (χ0) is 17.9. The first kappa shape index (κ1) is 20.0. The predicted molar refractivity (Wildman–Crippen MR) is 90.0 cm³/mol. The van der Waals surface area contributed by atoms with Gasteiger partial charge in [0.05, 0.1) is 12.5 Å². The lowest BCUT2D eigenvalue weighted by Crippen LogP contribution is -2.35. The van der Waals surface area contributed by atoms with E-state index in [9.17, 15) is 14.7 Å². The number of carbonyl (C=O) groups excluding carboxylic acids is 2. The van der Waals surface area contributed by atoms with Crippen LogP contribution in [0.5, 0.6) is 0 Å². The Balaban J connectivity index is 2.22. The highest BCUT2D eigenvalue weighted by Crippen LogP contribution is 2.08. The quantitative estimate of drug-likeness (QED) is 0.583. The van der Waals surface area contributed by atoms with Crippen LogP contribution in [0.15, 0.2) is 30.3 Å². The van der Waals surface area contributed by atoms with Crippen LogP contribution >= 0.6 is 0 Å². The summed E-state index contributed by atoms with van der Waals surface area (Å²) in [5.74, 6) is -0.122. The fourth-order valence-electron chi connectivity index (χ4n) is 2.09. The van der Waals surface area contributed by atoms with Crippen LogP contribution < -0.4 is 0 Å². The molecule has 0 aliphatic rings. The molecule has 0 unspecified atom stereocenters. The normalized spacial score (nSPS) is 11.9. The van der Waals surface area contributed by atoms with Crippen LogP contribution in [-0.4, -0.2) is 41.8 Å². The lowest BCUT2D eigenvalue weighted by atomic mass is 10.1. The van der Waals surface area contributed by atoms with Crippen molar-refractivity contribution < 1.29 is 24.5 Å². The minimum atomic E-state index is -0.799. The maximum Gasteiger partial charge on any atom is 0.452 e. The van der Waals surface area contributed by atoms with E-state index in [1.165, 1.54) is 11.9 Å². The second-order valence-corrected chi connectivity index (χ2v) is 6.30. The number of amides is 1. The van der Waals surface area contributed by atoms with Crippen molar-refractivity contribution in [3.8, 4) is 0 Å². The molecule has 6 nitrogen and oxygen atoms in total. The average molecular weight is 337 g/mol. The number of aryl methyl sites for hydroxylation is 1. The largest absolute Gasteiger partial charge is 0.452 e. The van der Waals surface area contributed by atoms with E-state index in [2.05, 4.69) is 23.6 Å². The Bertz CT molecular complexity index is 503. The summed E-state index contributed by atoms with van der Waals surface area (Å²) in [7, 11) is 1.48. The highest BCUT2D eigenvalue weighted by molar-refractivity contribution is 5.72. The predicted octanol–water partition coefficient (Wildman–Crippen LogP) is 2.94. The van der Waals surface area contributed by atoms with Crippen LogP contribution in [0.4, 0.5) is 4.79 Å². The molecule has 1 rings (SSSR count). The van der Waals surface area contributed by atoms with Crippen molar-refractivity contribution in [3.05, 3.63) is 35.9 Å².